The summed E-state index contributed by atoms with van der Waals surface area (Å²) in [5, 5.41) is 4.12. The standard InChI is InChI=1S/C20H24N2O2/c1-4-15(2)16(3)21-22-20(23)14-24-19-13-9-8-12-18(19)17-10-6-5-7-11-17/h5-13,15H,4,14H2,1-3H3,(H,22,23)/b21-16-/t15-/m0/s1. The number of nitrogens with zero attached hydrogens (tertiary/aromatic N) is 1. The van der Waals surface area contributed by atoms with Gasteiger partial charge in [0.1, 0.15) is 5.75 Å². The SMILES string of the molecule is CC[C@H](C)/C(C)=N\NC(=O)COc1ccccc1-c1ccccc1. The Hall–Kier alpha value is -2.62. The van der Waals surface area contributed by atoms with E-state index in [4.69, 9.17) is 4.74 Å². The zero-order chi connectivity index (χ0) is 17.4. The number of ether oxygens (including phenoxy) is 1. The minimum absolute atomic E-state index is 0.0683. The molecule has 2 rings (SSSR count). The zero-order valence-electron chi connectivity index (χ0n) is 14.5. The Balaban J connectivity index is 1.99. The summed E-state index contributed by atoms with van der Waals surface area (Å²) in [5.74, 6) is 0.770. The lowest BCUT2D eigenvalue weighted by atomic mass is 10.1. The van der Waals surface area contributed by atoms with Gasteiger partial charge in [0, 0.05) is 11.3 Å². The Bertz CT molecular complexity index is 696. The van der Waals surface area contributed by atoms with Gasteiger partial charge in [0.15, 0.2) is 6.61 Å². The summed E-state index contributed by atoms with van der Waals surface area (Å²) in [6, 6.07) is 17.6. The van der Waals surface area contributed by atoms with Crippen LogP contribution in [0.15, 0.2) is 59.7 Å². The number of nitrogens with one attached hydrogen (secondary N) is 1. The third-order valence-corrected chi connectivity index (χ3v) is 4.01. The molecule has 2 aromatic carbocycles. The van der Waals surface area contributed by atoms with Crippen molar-refractivity contribution >= 4 is 11.6 Å². The van der Waals surface area contributed by atoms with E-state index in [9.17, 15) is 4.79 Å². The van der Waals surface area contributed by atoms with Gasteiger partial charge in [-0.1, -0.05) is 62.4 Å². The molecule has 1 atom stereocenters. The molecule has 24 heavy (non-hydrogen) atoms. The van der Waals surface area contributed by atoms with Gasteiger partial charge >= 0.3 is 0 Å². The number of hydrazone groups is 1. The van der Waals surface area contributed by atoms with Crippen molar-refractivity contribution in [1.29, 1.82) is 0 Å². The molecule has 0 fully saturated rings. The Kier molecular flexibility index (Phi) is 6.55. The fraction of sp³-hybridized carbons (Fsp3) is 0.300. The van der Waals surface area contributed by atoms with Crippen molar-refractivity contribution in [2.75, 3.05) is 6.61 Å². The number of benzene rings is 2. The van der Waals surface area contributed by atoms with E-state index in [-0.39, 0.29) is 12.5 Å². The number of para-hydroxylation sites is 1. The second-order valence-electron chi connectivity index (χ2n) is 5.75. The smallest absolute Gasteiger partial charge is 0.277 e. The molecule has 1 N–H and O–H groups in total. The first-order valence-corrected chi connectivity index (χ1v) is 8.22. The number of hydrogen-bond acceptors (Lipinski definition) is 3. The lowest BCUT2D eigenvalue weighted by Gasteiger charge is -2.11. The molecule has 126 valence electrons. The molecular weight excluding hydrogens is 300 g/mol. The molecule has 2 aromatic rings. The van der Waals surface area contributed by atoms with Gasteiger partial charge in [-0.05, 0) is 30.9 Å². The van der Waals surface area contributed by atoms with Crippen LogP contribution in [0.5, 0.6) is 5.75 Å². The summed E-state index contributed by atoms with van der Waals surface area (Å²) in [6.45, 7) is 6.02. The van der Waals surface area contributed by atoms with Crippen molar-refractivity contribution in [2.45, 2.75) is 27.2 Å². The van der Waals surface area contributed by atoms with Gasteiger partial charge in [-0.25, -0.2) is 5.43 Å². The van der Waals surface area contributed by atoms with Crippen LogP contribution in [0.3, 0.4) is 0 Å². The van der Waals surface area contributed by atoms with Crippen molar-refractivity contribution < 1.29 is 9.53 Å². The van der Waals surface area contributed by atoms with Crippen molar-refractivity contribution in [2.24, 2.45) is 11.0 Å². The topological polar surface area (TPSA) is 50.7 Å². The average molecular weight is 324 g/mol. The molecule has 0 aliphatic rings. The van der Waals surface area contributed by atoms with E-state index >= 15 is 0 Å². The van der Waals surface area contributed by atoms with Crippen LogP contribution in [0.4, 0.5) is 0 Å². The molecule has 0 heterocycles. The molecule has 0 saturated heterocycles. The highest BCUT2D eigenvalue weighted by molar-refractivity contribution is 5.86. The van der Waals surface area contributed by atoms with Gasteiger partial charge in [-0.15, -0.1) is 0 Å². The Morgan fingerprint density at radius 2 is 1.79 bits per heavy atom. The lowest BCUT2D eigenvalue weighted by Crippen LogP contribution is -2.26. The average Bonchev–Trinajstić information content (AvgIpc) is 2.64. The van der Waals surface area contributed by atoms with Gasteiger partial charge in [0.2, 0.25) is 0 Å². The maximum atomic E-state index is 11.9. The maximum Gasteiger partial charge on any atom is 0.277 e. The Morgan fingerprint density at radius 1 is 1.12 bits per heavy atom. The van der Waals surface area contributed by atoms with E-state index in [0.717, 1.165) is 23.3 Å². The fourth-order valence-electron chi connectivity index (χ4n) is 2.18. The Labute approximate surface area is 143 Å². The van der Waals surface area contributed by atoms with Crippen molar-refractivity contribution in [1.82, 2.24) is 5.43 Å². The molecule has 0 aliphatic heterocycles. The first kappa shape index (κ1) is 17.7. The van der Waals surface area contributed by atoms with E-state index in [2.05, 4.69) is 24.4 Å². The fourth-order valence-corrected chi connectivity index (χ4v) is 2.18. The van der Waals surface area contributed by atoms with E-state index in [1.807, 2.05) is 61.5 Å². The summed E-state index contributed by atoms with van der Waals surface area (Å²) in [5.41, 5.74) is 5.48. The normalized spacial score (nSPS) is 12.5. The van der Waals surface area contributed by atoms with Crippen LogP contribution >= 0.6 is 0 Å². The van der Waals surface area contributed by atoms with Crippen molar-refractivity contribution in [3.8, 4) is 16.9 Å². The number of carbonyl (C=O) groups excluding carboxylic acids is 1. The number of carbonyl (C=O) groups is 1. The van der Waals surface area contributed by atoms with Gasteiger partial charge < -0.3 is 4.74 Å². The second-order valence-corrected chi connectivity index (χ2v) is 5.75. The van der Waals surface area contributed by atoms with Crippen LogP contribution in [0.25, 0.3) is 11.1 Å². The quantitative estimate of drug-likeness (QED) is 0.611. The number of rotatable bonds is 7. The molecule has 0 spiro atoms. The van der Waals surface area contributed by atoms with Crippen LogP contribution in [-0.4, -0.2) is 18.2 Å². The number of amides is 1. The van der Waals surface area contributed by atoms with Crippen molar-refractivity contribution in [3.63, 3.8) is 0 Å². The third kappa shape index (κ3) is 4.95. The van der Waals surface area contributed by atoms with E-state index in [1.165, 1.54) is 0 Å². The molecule has 0 saturated carbocycles. The van der Waals surface area contributed by atoms with E-state index < -0.39 is 0 Å². The van der Waals surface area contributed by atoms with Crippen LogP contribution in [-0.2, 0) is 4.79 Å². The highest BCUT2D eigenvalue weighted by Crippen LogP contribution is 2.29. The molecule has 4 heteroatoms. The molecule has 0 aliphatic carbocycles. The summed E-state index contributed by atoms with van der Waals surface area (Å²) in [4.78, 5) is 11.9. The minimum Gasteiger partial charge on any atom is -0.483 e. The second kappa shape index (κ2) is 8.87. The molecular formula is C20H24N2O2. The minimum atomic E-state index is -0.263. The lowest BCUT2D eigenvalue weighted by molar-refractivity contribution is -0.123. The summed E-state index contributed by atoms with van der Waals surface area (Å²) >= 11 is 0. The van der Waals surface area contributed by atoms with E-state index in [0.29, 0.717) is 11.7 Å². The third-order valence-electron chi connectivity index (χ3n) is 4.01. The van der Waals surface area contributed by atoms with Crippen LogP contribution < -0.4 is 10.2 Å². The zero-order valence-corrected chi connectivity index (χ0v) is 14.5. The van der Waals surface area contributed by atoms with Crippen LogP contribution in [0, 0.1) is 5.92 Å². The molecule has 0 bridgehead atoms. The molecule has 4 nitrogen and oxygen atoms in total. The van der Waals surface area contributed by atoms with Gasteiger partial charge in [-0.2, -0.15) is 5.10 Å². The van der Waals surface area contributed by atoms with E-state index in [1.54, 1.807) is 0 Å². The summed E-state index contributed by atoms with van der Waals surface area (Å²) in [6.07, 6.45) is 0.992. The molecule has 0 unspecified atom stereocenters. The predicted octanol–water partition coefficient (Wildman–Crippen LogP) is 4.27. The van der Waals surface area contributed by atoms with Crippen molar-refractivity contribution in [3.05, 3.63) is 54.6 Å². The van der Waals surface area contributed by atoms with Gasteiger partial charge in [0.25, 0.3) is 5.91 Å². The number of hydrogen-bond donors (Lipinski definition) is 1. The molecule has 1 amide bonds. The molecule has 0 radical (unpaired) electrons. The monoisotopic (exact) mass is 324 g/mol. The predicted molar refractivity (Wildman–Crippen MR) is 98.1 cm³/mol. The van der Waals surface area contributed by atoms with Gasteiger partial charge in [-0.3, -0.25) is 4.79 Å². The van der Waals surface area contributed by atoms with Crippen LogP contribution in [0.2, 0.25) is 0 Å². The van der Waals surface area contributed by atoms with Crippen LogP contribution in [0.1, 0.15) is 27.2 Å². The first-order valence-electron chi connectivity index (χ1n) is 8.22. The van der Waals surface area contributed by atoms with Gasteiger partial charge in [0.05, 0.1) is 0 Å². The maximum absolute atomic E-state index is 11.9. The highest BCUT2D eigenvalue weighted by Gasteiger charge is 2.08. The Morgan fingerprint density at radius 3 is 2.50 bits per heavy atom. The highest BCUT2D eigenvalue weighted by atomic mass is 16.5. The largest absolute Gasteiger partial charge is 0.483 e. The summed E-state index contributed by atoms with van der Waals surface area (Å²) < 4.78 is 5.69. The summed E-state index contributed by atoms with van der Waals surface area (Å²) in [7, 11) is 0. The molecule has 0 aromatic heterocycles. The first-order chi connectivity index (χ1) is 11.6.